The van der Waals surface area contributed by atoms with E-state index in [-0.39, 0.29) is 11.5 Å². The molecule has 6 nitrogen and oxygen atoms in total. The zero-order valence-corrected chi connectivity index (χ0v) is 13.3. The maximum atomic E-state index is 12.3. The zero-order chi connectivity index (χ0) is 17.0. The standard InChI is InChI=1S/C17H18N2O4/c1-4-13-15(17(20)22-3)14(12(9-18)16(19)23-13)10-5-7-11(21-2)8-6-10/h5-8,14H,4,19H2,1-3H3/t14-/m0/s1. The van der Waals surface area contributed by atoms with Gasteiger partial charge in [0.1, 0.15) is 23.2 Å². The maximum absolute atomic E-state index is 12.3. The molecule has 0 fully saturated rings. The molecule has 6 heteroatoms. The second kappa shape index (κ2) is 6.88. The molecule has 1 atom stereocenters. The van der Waals surface area contributed by atoms with Crippen molar-refractivity contribution in [3.63, 3.8) is 0 Å². The van der Waals surface area contributed by atoms with Gasteiger partial charge in [-0.3, -0.25) is 0 Å². The van der Waals surface area contributed by atoms with Crippen molar-refractivity contribution in [2.45, 2.75) is 19.3 Å². The number of esters is 1. The van der Waals surface area contributed by atoms with Gasteiger partial charge >= 0.3 is 5.97 Å². The van der Waals surface area contributed by atoms with Crippen molar-refractivity contribution in [1.29, 1.82) is 5.26 Å². The summed E-state index contributed by atoms with van der Waals surface area (Å²) < 4.78 is 15.5. The molecule has 0 unspecified atom stereocenters. The van der Waals surface area contributed by atoms with Crippen LogP contribution < -0.4 is 10.5 Å². The number of carbonyl (C=O) groups is 1. The Morgan fingerprint density at radius 2 is 2.00 bits per heavy atom. The summed E-state index contributed by atoms with van der Waals surface area (Å²) in [6.07, 6.45) is 0.455. The fourth-order valence-electron chi connectivity index (χ4n) is 2.54. The minimum atomic E-state index is -0.623. The molecule has 0 aromatic heterocycles. The molecule has 0 saturated carbocycles. The van der Waals surface area contributed by atoms with Crippen molar-refractivity contribution in [3.05, 3.63) is 52.6 Å². The number of benzene rings is 1. The van der Waals surface area contributed by atoms with Gasteiger partial charge in [0, 0.05) is 6.42 Å². The molecule has 2 rings (SSSR count). The molecule has 1 aromatic carbocycles. The summed E-state index contributed by atoms with van der Waals surface area (Å²) in [6.45, 7) is 1.84. The fourth-order valence-corrected chi connectivity index (χ4v) is 2.54. The van der Waals surface area contributed by atoms with Crippen LogP contribution in [0.4, 0.5) is 0 Å². The van der Waals surface area contributed by atoms with E-state index in [1.807, 2.05) is 13.0 Å². The van der Waals surface area contributed by atoms with Gasteiger partial charge in [0.2, 0.25) is 5.88 Å². The van der Waals surface area contributed by atoms with E-state index in [0.717, 1.165) is 5.56 Å². The molecular weight excluding hydrogens is 296 g/mol. The topological polar surface area (TPSA) is 94.6 Å². The molecule has 0 bridgehead atoms. The van der Waals surface area contributed by atoms with Crippen molar-refractivity contribution >= 4 is 5.97 Å². The maximum Gasteiger partial charge on any atom is 0.338 e. The number of rotatable bonds is 4. The van der Waals surface area contributed by atoms with E-state index in [4.69, 9.17) is 19.9 Å². The van der Waals surface area contributed by atoms with Crippen LogP contribution in [0.5, 0.6) is 5.75 Å². The van der Waals surface area contributed by atoms with Crippen molar-refractivity contribution in [3.8, 4) is 11.8 Å². The number of nitriles is 1. The number of nitrogens with zero attached hydrogens (tertiary/aromatic N) is 1. The molecule has 1 aliphatic heterocycles. The van der Waals surface area contributed by atoms with E-state index in [0.29, 0.717) is 23.5 Å². The fraction of sp³-hybridized carbons (Fsp3) is 0.294. The predicted molar refractivity (Wildman–Crippen MR) is 83.0 cm³/mol. The van der Waals surface area contributed by atoms with E-state index in [2.05, 4.69) is 0 Å². The number of ether oxygens (including phenoxy) is 3. The Morgan fingerprint density at radius 3 is 2.48 bits per heavy atom. The summed E-state index contributed by atoms with van der Waals surface area (Å²) in [4.78, 5) is 12.3. The first-order valence-corrected chi connectivity index (χ1v) is 7.10. The first-order chi connectivity index (χ1) is 11.1. The Labute approximate surface area is 134 Å². The molecule has 0 radical (unpaired) electrons. The Bertz CT molecular complexity index is 711. The summed E-state index contributed by atoms with van der Waals surface area (Å²) in [7, 11) is 2.86. The molecule has 0 aliphatic carbocycles. The van der Waals surface area contributed by atoms with Crippen molar-refractivity contribution in [1.82, 2.24) is 0 Å². The van der Waals surface area contributed by atoms with Crippen LogP contribution in [0.15, 0.2) is 47.1 Å². The van der Waals surface area contributed by atoms with Crippen LogP contribution in [0, 0.1) is 11.3 Å². The van der Waals surface area contributed by atoms with Gasteiger partial charge in [-0.2, -0.15) is 5.26 Å². The van der Waals surface area contributed by atoms with Gasteiger partial charge in [-0.05, 0) is 17.7 Å². The van der Waals surface area contributed by atoms with Gasteiger partial charge in [-0.25, -0.2) is 4.79 Å². The van der Waals surface area contributed by atoms with Gasteiger partial charge in [-0.1, -0.05) is 19.1 Å². The first-order valence-electron chi connectivity index (χ1n) is 7.10. The van der Waals surface area contributed by atoms with E-state index < -0.39 is 11.9 Å². The summed E-state index contributed by atoms with van der Waals surface area (Å²) in [5, 5.41) is 9.46. The Morgan fingerprint density at radius 1 is 1.35 bits per heavy atom. The lowest BCUT2D eigenvalue weighted by atomic mass is 9.82. The molecular formula is C17H18N2O4. The molecule has 120 valence electrons. The van der Waals surface area contributed by atoms with Crippen molar-refractivity contribution < 1.29 is 19.0 Å². The molecule has 1 heterocycles. The molecule has 23 heavy (non-hydrogen) atoms. The first kappa shape index (κ1) is 16.4. The zero-order valence-electron chi connectivity index (χ0n) is 13.3. The second-order valence-electron chi connectivity index (χ2n) is 4.88. The minimum absolute atomic E-state index is 0.0119. The molecule has 0 saturated heterocycles. The van der Waals surface area contributed by atoms with Gasteiger partial charge in [-0.15, -0.1) is 0 Å². The van der Waals surface area contributed by atoms with Crippen LogP contribution in [0.25, 0.3) is 0 Å². The van der Waals surface area contributed by atoms with Gasteiger partial charge in [0.15, 0.2) is 0 Å². The summed E-state index contributed by atoms with van der Waals surface area (Å²) in [5.74, 6) is -0.0625. The number of carbonyl (C=O) groups excluding carboxylic acids is 1. The van der Waals surface area contributed by atoms with E-state index in [1.165, 1.54) is 7.11 Å². The summed E-state index contributed by atoms with van der Waals surface area (Å²) in [6, 6.07) is 9.14. The largest absolute Gasteiger partial charge is 0.497 e. The lowest BCUT2D eigenvalue weighted by molar-refractivity contribution is -0.136. The summed E-state index contributed by atoms with van der Waals surface area (Å²) in [5.41, 5.74) is 7.09. The van der Waals surface area contributed by atoms with Crippen LogP contribution in [0.1, 0.15) is 24.8 Å². The van der Waals surface area contributed by atoms with Gasteiger partial charge in [0.05, 0.1) is 25.7 Å². The molecule has 0 spiro atoms. The third-order valence-electron chi connectivity index (χ3n) is 3.67. The van der Waals surface area contributed by atoms with E-state index in [1.54, 1.807) is 31.4 Å². The monoisotopic (exact) mass is 314 g/mol. The molecule has 2 N–H and O–H groups in total. The second-order valence-corrected chi connectivity index (χ2v) is 4.88. The minimum Gasteiger partial charge on any atom is -0.497 e. The highest BCUT2D eigenvalue weighted by Crippen LogP contribution is 2.40. The van der Waals surface area contributed by atoms with Crippen LogP contribution in [-0.2, 0) is 14.3 Å². The third-order valence-corrected chi connectivity index (χ3v) is 3.67. The van der Waals surface area contributed by atoms with E-state index in [9.17, 15) is 10.1 Å². The lowest BCUT2D eigenvalue weighted by Gasteiger charge is -2.27. The number of allylic oxidation sites excluding steroid dienone is 2. The summed E-state index contributed by atoms with van der Waals surface area (Å²) >= 11 is 0. The Hall–Kier alpha value is -2.94. The highest BCUT2D eigenvalue weighted by Gasteiger charge is 2.36. The van der Waals surface area contributed by atoms with Gasteiger partial charge in [0.25, 0.3) is 0 Å². The third kappa shape index (κ3) is 2.99. The number of methoxy groups -OCH3 is 2. The highest BCUT2D eigenvalue weighted by atomic mass is 16.5. The predicted octanol–water partition coefficient (Wildman–Crippen LogP) is 2.34. The number of nitrogens with two attached hydrogens (primary N) is 1. The van der Waals surface area contributed by atoms with Crippen molar-refractivity contribution in [2.75, 3.05) is 14.2 Å². The van der Waals surface area contributed by atoms with Crippen molar-refractivity contribution in [2.24, 2.45) is 5.73 Å². The normalized spacial score (nSPS) is 17.4. The smallest absolute Gasteiger partial charge is 0.338 e. The van der Waals surface area contributed by atoms with Crippen LogP contribution >= 0.6 is 0 Å². The molecule has 1 aliphatic rings. The van der Waals surface area contributed by atoms with Gasteiger partial charge < -0.3 is 19.9 Å². The Kier molecular flexibility index (Phi) is 4.91. The molecule has 0 amide bonds. The number of hydrogen-bond donors (Lipinski definition) is 1. The molecule has 1 aromatic rings. The van der Waals surface area contributed by atoms with Crippen LogP contribution in [-0.4, -0.2) is 20.2 Å². The number of hydrogen-bond acceptors (Lipinski definition) is 6. The average Bonchev–Trinajstić information content (AvgIpc) is 2.60. The average molecular weight is 314 g/mol. The quantitative estimate of drug-likeness (QED) is 0.857. The van der Waals surface area contributed by atoms with Crippen LogP contribution in [0.2, 0.25) is 0 Å². The van der Waals surface area contributed by atoms with E-state index >= 15 is 0 Å². The highest BCUT2D eigenvalue weighted by molar-refractivity contribution is 5.92. The van der Waals surface area contributed by atoms with Crippen LogP contribution in [0.3, 0.4) is 0 Å². The lowest BCUT2D eigenvalue weighted by Crippen LogP contribution is -2.25. The SMILES string of the molecule is CCC1=C(C(=O)OC)[C@@H](c2ccc(OC)cc2)C(C#N)=C(N)O1. The Balaban J connectivity index is 2.63.